The summed E-state index contributed by atoms with van der Waals surface area (Å²) < 4.78 is 4.98. The van der Waals surface area contributed by atoms with Gasteiger partial charge in [0.2, 0.25) is 0 Å². The number of carbonyl (C=O) groups excluding carboxylic acids is 1. The maximum absolute atomic E-state index is 11.4. The molecular formula is C10H12N2O2S. The molecule has 0 radical (unpaired) electrons. The van der Waals surface area contributed by atoms with Gasteiger partial charge in [0.05, 0.1) is 7.11 Å². The number of rotatable bonds is 2. The minimum Gasteiger partial charge on any atom is -0.465 e. The van der Waals surface area contributed by atoms with E-state index >= 15 is 0 Å². The Morgan fingerprint density at radius 1 is 1.60 bits per heavy atom. The summed E-state index contributed by atoms with van der Waals surface area (Å²) in [5.74, 6) is 0.964. The minimum atomic E-state index is -0.427. The van der Waals surface area contributed by atoms with Crippen molar-refractivity contribution in [2.24, 2.45) is 0 Å². The molecule has 1 aliphatic carbocycles. The van der Waals surface area contributed by atoms with Gasteiger partial charge in [0.1, 0.15) is 16.0 Å². The van der Waals surface area contributed by atoms with Crippen molar-refractivity contribution in [3.8, 4) is 0 Å². The van der Waals surface area contributed by atoms with E-state index in [0.29, 0.717) is 16.1 Å². The predicted octanol–water partition coefficient (Wildman–Crippen LogP) is 2.11. The molecule has 1 aromatic rings. The molecule has 1 fully saturated rings. The summed E-state index contributed by atoms with van der Waals surface area (Å²) in [5, 5.41) is 0. The first kappa shape index (κ1) is 10.3. The van der Waals surface area contributed by atoms with E-state index in [1.807, 2.05) is 6.92 Å². The number of aromatic nitrogens is 2. The number of aryl methyl sites for hydroxylation is 1. The summed E-state index contributed by atoms with van der Waals surface area (Å²) >= 11 is 5.08. The van der Waals surface area contributed by atoms with E-state index in [0.717, 1.165) is 24.4 Å². The molecule has 0 aliphatic heterocycles. The Labute approximate surface area is 92.7 Å². The van der Waals surface area contributed by atoms with Crippen molar-refractivity contribution in [3.63, 3.8) is 0 Å². The van der Waals surface area contributed by atoms with E-state index in [4.69, 9.17) is 12.2 Å². The van der Waals surface area contributed by atoms with Gasteiger partial charge in [-0.2, -0.15) is 0 Å². The van der Waals surface area contributed by atoms with Crippen LogP contribution in [0.5, 0.6) is 0 Å². The van der Waals surface area contributed by atoms with Gasteiger partial charge in [-0.1, -0.05) is 12.2 Å². The predicted molar refractivity (Wildman–Crippen MR) is 57.5 cm³/mol. The first-order chi connectivity index (χ1) is 7.13. The first-order valence-corrected chi connectivity index (χ1v) is 5.23. The average molecular weight is 224 g/mol. The Hall–Kier alpha value is -1.23. The lowest BCUT2D eigenvalue weighted by Gasteiger charge is -2.06. The van der Waals surface area contributed by atoms with Crippen molar-refractivity contribution in [1.29, 1.82) is 0 Å². The number of esters is 1. The van der Waals surface area contributed by atoms with Gasteiger partial charge in [0.15, 0.2) is 0 Å². The van der Waals surface area contributed by atoms with E-state index in [1.54, 1.807) is 0 Å². The third-order valence-corrected chi connectivity index (χ3v) is 2.78. The molecule has 5 heteroatoms. The number of hydrogen-bond acceptors (Lipinski definition) is 4. The largest absolute Gasteiger partial charge is 0.465 e. The molecule has 1 aromatic heterocycles. The van der Waals surface area contributed by atoms with Crippen LogP contribution in [0.15, 0.2) is 0 Å². The fraction of sp³-hybridized carbons (Fsp3) is 0.500. The van der Waals surface area contributed by atoms with Crippen molar-refractivity contribution in [2.75, 3.05) is 7.11 Å². The molecule has 0 unspecified atom stereocenters. The van der Waals surface area contributed by atoms with Crippen LogP contribution in [0.25, 0.3) is 0 Å². The summed E-state index contributed by atoms with van der Waals surface area (Å²) in [6.07, 6.45) is 2.30. The lowest BCUT2D eigenvalue weighted by atomic mass is 10.2. The fourth-order valence-corrected chi connectivity index (χ4v) is 1.84. The highest BCUT2D eigenvalue weighted by atomic mass is 32.1. The zero-order valence-corrected chi connectivity index (χ0v) is 9.48. The van der Waals surface area contributed by atoms with Crippen molar-refractivity contribution in [1.82, 2.24) is 9.97 Å². The highest BCUT2D eigenvalue weighted by molar-refractivity contribution is 7.71. The van der Waals surface area contributed by atoms with Crippen LogP contribution in [0.3, 0.4) is 0 Å². The van der Waals surface area contributed by atoms with Crippen LogP contribution in [0, 0.1) is 11.6 Å². The van der Waals surface area contributed by atoms with Gasteiger partial charge in [-0.25, -0.2) is 9.78 Å². The molecule has 4 nitrogen and oxygen atoms in total. The second kappa shape index (κ2) is 3.73. The maximum atomic E-state index is 11.4. The normalized spacial score (nSPS) is 15.1. The third-order valence-electron chi connectivity index (χ3n) is 2.48. The van der Waals surface area contributed by atoms with Crippen LogP contribution < -0.4 is 0 Å². The molecule has 0 bridgehead atoms. The molecule has 1 aliphatic rings. The van der Waals surface area contributed by atoms with Gasteiger partial charge in [-0.15, -0.1) is 0 Å². The van der Waals surface area contributed by atoms with Crippen molar-refractivity contribution < 1.29 is 9.53 Å². The monoisotopic (exact) mass is 224 g/mol. The smallest absolute Gasteiger partial charge is 0.342 e. The van der Waals surface area contributed by atoms with Crippen LogP contribution in [0.1, 0.15) is 40.6 Å². The highest BCUT2D eigenvalue weighted by Gasteiger charge is 2.27. The summed E-state index contributed by atoms with van der Waals surface area (Å²) in [7, 11) is 1.34. The van der Waals surface area contributed by atoms with Crippen molar-refractivity contribution in [3.05, 3.63) is 21.7 Å². The van der Waals surface area contributed by atoms with E-state index in [1.165, 1.54) is 7.11 Å². The molecule has 0 atom stereocenters. The maximum Gasteiger partial charge on any atom is 0.342 e. The molecular weight excluding hydrogens is 212 g/mol. The summed E-state index contributed by atoms with van der Waals surface area (Å²) in [5.41, 5.74) is 1.11. The molecule has 15 heavy (non-hydrogen) atoms. The molecule has 0 saturated heterocycles. The van der Waals surface area contributed by atoms with Gasteiger partial charge in [0.25, 0.3) is 0 Å². The van der Waals surface area contributed by atoms with Gasteiger partial charge >= 0.3 is 5.97 Å². The van der Waals surface area contributed by atoms with E-state index in [2.05, 4.69) is 14.7 Å². The van der Waals surface area contributed by atoms with Crippen LogP contribution in [-0.4, -0.2) is 23.0 Å². The number of carbonyl (C=O) groups is 1. The number of H-pyrrole nitrogens is 1. The van der Waals surface area contributed by atoms with Crippen LogP contribution in [0.4, 0.5) is 0 Å². The van der Waals surface area contributed by atoms with E-state index in [-0.39, 0.29) is 0 Å². The zero-order chi connectivity index (χ0) is 11.0. The Bertz CT molecular complexity index is 463. The molecule has 0 aromatic carbocycles. The molecule has 1 N–H and O–H groups in total. The van der Waals surface area contributed by atoms with Crippen LogP contribution >= 0.6 is 12.2 Å². The number of ether oxygens (including phenoxy) is 1. The summed E-state index contributed by atoms with van der Waals surface area (Å²) in [6, 6.07) is 0. The van der Waals surface area contributed by atoms with Crippen molar-refractivity contribution in [2.45, 2.75) is 25.7 Å². The quantitative estimate of drug-likeness (QED) is 0.617. The molecule has 1 saturated carbocycles. The fourth-order valence-electron chi connectivity index (χ4n) is 1.50. The number of hydrogen-bond donors (Lipinski definition) is 1. The molecule has 0 amide bonds. The lowest BCUT2D eigenvalue weighted by molar-refractivity contribution is 0.0598. The van der Waals surface area contributed by atoms with Gasteiger partial charge < -0.3 is 9.72 Å². The number of aromatic amines is 1. The number of nitrogens with zero attached hydrogens (tertiary/aromatic N) is 1. The number of methoxy groups -OCH3 is 1. The molecule has 80 valence electrons. The van der Waals surface area contributed by atoms with E-state index < -0.39 is 5.97 Å². The Morgan fingerprint density at radius 3 is 2.73 bits per heavy atom. The van der Waals surface area contributed by atoms with Gasteiger partial charge in [0, 0.05) is 11.6 Å². The Morgan fingerprint density at radius 2 is 2.27 bits per heavy atom. The number of nitrogens with one attached hydrogen (secondary N) is 1. The average Bonchev–Trinajstić information content (AvgIpc) is 2.99. The minimum absolute atomic E-state index is 0.333. The lowest BCUT2D eigenvalue weighted by Crippen LogP contribution is -2.09. The second-order valence-corrected chi connectivity index (χ2v) is 4.08. The Kier molecular flexibility index (Phi) is 2.56. The summed E-state index contributed by atoms with van der Waals surface area (Å²) in [4.78, 5) is 18.7. The third kappa shape index (κ3) is 1.92. The van der Waals surface area contributed by atoms with Crippen molar-refractivity contribution >= 4 is 18.2 Å². The van der Waals surface area contributed by atoms with Gasteiger partial charge in [-0.05, 0) is 19.8 Å². The Balaban J connectivity index is 2.48. The zero-order valence-electron chi connectivity index (χ0n) is 8.66. The molecule has 0 spiro atoms. The standard InChI is InChI=1S/C10H12N2O2S/c1-5-7(10(13)14-2)9(15)12-8(11-5)6-3-4-6/h6H,3-4H2,1-2H3,(H,11,12,15). The molecule has 2 rings (SSSR count). The summed E-state index contributed by atoms with van der Waals surface area (Å²) in [6.45, 7) is 1.82. The van der Waals surface area contributed by atoms with Gasteiger partial charge in [-0.3, -0.25) is 0 Å². The highest BCUT2D eigenvalue weighted by Crippen LogP contribution is 2.38. The SMILES string of the molecule is COC(=O)c1c(C)[nH]c(C2CC2)nc1=S. The topological polar surface area (TPSA) is 55.0 Å². The van der Waals surface area contributed by atoms with Crippen LogP contribution in [-0.2, 0) is 4.74 Å². The first-order valence-electron chi connectivity index (χ1n) is 4.82. The second-order valence-electron chi connectivity index (χ2n) is 3.69. The molecule has 1 heterocycles. The van der Waals surface area contributed by atoms with E-state index in [9.17, 15) is 4.79 Å². The van der Waals surface area contributed by atoms with Crippen LogP contribution in [0.2, 0.25) is 0 Å².